The molecule has 0 aliphatic rings. The smallest absolute Gasteiger partial charge is 0.142 e. The average molecular weight is 217 g/mol. The van der Waals surface area contributed by atoms with Crippen molar-refractivity contribution in [3.63, 3.8) is 0 Å². The van der Waals surface area contributed by atoms with Crippen molar-refractivity contribution in [2.24, 2.45) is 0 Å². The fraction of sp³-hybridized carbons (Fsp3) is 0.500. The van der Waals surface area contributed by atoms with Gasteiger partial charge in [0, 0.05) is 0 Å². The van der Waals surface area contributed by atoms with Crippen LogP contribution >= 0.6 is 11.6 Å². The Morgan fingerprint density at radius 3 is 2.00 bits per heavy atom. The van der Waals surface area contributed by atoms with E-state index in [-0.39, 0.29) is 16.3 Å². The van der Waals surface area contributed by atoms with E-state index in [4.69, 9.17) is 11.6 Å². The number of benzene rings is 1. The van der Waals surface area contributed by atoms with E-state index in [2.05, 4.69) is 0 Å². The van der Waals surface area contributed by atoms with Crippen molar-refractivity contribution in [3.8, 4) is 0 Å². The van der Waals surface area contributed by atoms with Crippen molar-refractivity contribution in [3.05, 3.63) is 34.6 Å². The second-order valence-electron chi connectivity index (χ2n) is 3.88. The molecule has 0 saturated carbocycles. The second-order valence-corrected chi connectivity index (χ2v) is 4.29. The molecule has 0 aliphatic heterocycles. The summed E-state index contributed by atoms with van der Waals surface area (Å²) in [5, 5.41) is 0.183. The van der Waals surface area contributed by atoms with Gasteiger partial charge in [-0.3, -0.25) is 0 Å². The largest absolute Gasteiger partial charge is 0.205 e. The molecule has 80 valence electrons. The van der Waals surface area contributed by atoms with Gasteiger partial charge in [0.25, 0.3) is 0 Å². The lowest BCUT2D eigenvalue weighted by Gasteiger charge is -2.18. The fourth-order valence-corrected chi connectivity index (χ4v) is 1.08. The summed E-state index contributed by atoms with van der Waals surface area (Å²) in [7, 11) is 0. The molecule has 0 saturated heterocycles. The number of hydrogen-bond acceptors (Lipinski definition) is 0. The Balaban J connectivity index is 0.000000791. The summed E-state index contributed by atoms with van der Waals surface area (Å²) in [6, 6.07) is 4.94. The van der Waals surface area contributed by atoms with Gasteiger partial charge in [-0.25, -0.2) is 4.39 Å². The van der Waals surface area contributed by atoms with Gasteiger partial charge < -0.3 is 0 Å². The maximum atomic E-state index is 13.0. The number of rotatable bonds is 0. The summed E-state index contributed by atoms with van der Waals surface area (Å²) < 4.78 is 13.0. The molecule has 2 heteroatoms. The molecule has 0 spiro atoms. The minimum atomic E-state index is -0.343. The lowest BCUT2D eigenvalue weighted by Crippen LogP contribution is -2.11. The predicted molar refractivity (Wildman–Crippen MR) is 61.5 cm³/mol. The first-order chi connectivity index (χ1) is 6.41. The summed E-state index contributed by atoms with van der Waals surface area (Å²) in [6.07, 6.45) is 0. The topological polar surface area (TPSA) is 0 Å². The van der Waals surface area contributed by atoms with Gasteiger partial charge in [0.05, 0.1) is 5.02 Å². The molecule has 14 heavy (non-hydrogen) atoms. The van der Waals surface area contributed by atoms with Crippen LogP contribution in [0.5, 0.6) is 0 Å². The Bertz CT molecular complexity index is 287. The molecule has 0 bridgehead atoms. The maximum absolute atomic E-state index is 13.0. The molecule has 1 aromatic rings. The van der Waals surface area contributed by atoms with Crippen LogP contribution in [0.25, 0.3) is 0 Å². The highest BCUT2D eigenvalue weighted by Crippen LogP contribution is 2.25. The Kier molecular flexibility index (Phi) is 5.14. The molecule has 0 atom stereocenters. The summed E-state index contributed by atoms with van der Waals surface area (Å²) in [4.78, 5) is 0. The van der Waals surface area contributed by atoms with Gasteiger partial charge in [0.2, 0.25) is 0 Å². The van der Waals surface area contributed by atoms with Crippen molar-refractivity contribution in [2.45, 2.75) is 40.0 Å². The average Bonchev–Trinajstić information content (AvgIpc) is 2.11. The molecule has 0 amide bonds. The van der Waals surface area contributed by atoms with Gasteiger partial charge in [-0.2, -0.15) is 0 Å². The molecule has 1 rings (SSSR count). The predicted octanol–water partition coefficient (Wildman–Crippen LogP) is 4.80. The van der Waals surface area contributed by atoms with Crippen LogP contribution in [0.2, 0.25) is 5.02 Å². The van der Waals surface area contributed by atoms with Gasteiger partial charge in [-0.05, 0) is 23.1 Å². The highest BCUT2D eigenvalue weighted by molar-refractivity contribution is 6.30. The molecule has 0 N–H and O–H groups in total. The van der Waals surface area contributed by atoms with Crippen LogP contribution in [0.4, 0.5) is 4.39 Å². The van der Waals surface area contributed by atoms with E-state index >= 15 is 0 Å². The SMILES string of the molecule is CC.CC(C)(C)c1ccc(Cl)c(F)c1. The Morgan fingerprint density at radius 1 is 1.14 bits per heavy atom. The summed E-state index contributed by atoms with van der Waals surface area (Å²) >= 11 is 5.56. The third-order valence-corrected chi connectivity index (χ3v) is 2.09. The summed E-state index contributed by atoms with van der Waals surface area (Å²) in [5.41, 5.74) is 0.940. The Labute approximate surface area is 91.1 Å². The third kappa shape index (κ3) is 3.67. The quantitative estimate of drug-likeness (QED) is 0.584. The second kappa shape index (κ2) is 5.35. The molecule has 0 aromatic heterocycles. The van der Waals surface area contributed by atoms with Crippen LogP contribution in [0.1, 0.15) is 40.2 Å². The third-order valence-electron chi connectivity index (χ3n) is 1.79. The monoisotopic (exact) mass is 216 g/mol. The van der Waals surface area contributed by atoms with Crippen molar-refractivity contribution < 1.29 is 4.39 Å². The van der Waals surface area contributed by atoms with Crippen LogP contribution < -0.4 is 0 Å². The number of halogens is 2. The summed E-state index contributed by atoms with van der Waals surface area (Å²) in [6.45, 7) is 10.1. The van der Waals surface area contributed by atoms with E-state index < -0.39 is 0 Å². The van der Waals surface area contributed by atoms with Crippen LogP contribution in [0, 0.1) is 5.82 Å². The highest BCUT2D eigenvalue weighted by atomic mass is 35.5. The van der Waals surface area contributed by atoms with E-state index in [1.165, 1.54) is 6.07 Å². The van der Waals surface area contributed by atoms with E-state index in [0.717, 1.165) is 5.56 Å². The van der Waals surface area contributed by atoms with Gasteiger partial charge in [-0.1, -0.05) is 52.3 Å². The number of hydrogen-bond donors (Lipinski definition) is 0. The molecule has 0 unspecified atom stereocenters. The maximum Gasteiger partial charge on any atom is 0.142 e. The van der Waals surface area contributed by atoms with Crippen LogP contribution in [0.15, 0.2) is 18.2 Å². The van der Waals surface area contributed by atoms with E-state index in [0.29, 0.717) is 0 Å². The van der Waals surface area contributed by atoms with E-state index in [1.54, 1.807) is 6.07 Å². The zero-order valence-corrected chi connectivity index (χ0v) is 10.2. The first-order valence-electron chi connectivity index (χ1n) is 4.87. The lowest BCUT2D eigenvalue weighted by atomic mass is 9.87. The zero-order chi connectivity index (χ0) is 11.4. The molecule has 1 aromatic carbocycles. The van der Waals surface area contributed by atoms with E-state index in [1.807, 2.05) is 40.7 Å². The van der Waals surface area contributed by atoms with Crippen LogP contribution in [-0.4, -0.2) is 0 Å². The van der Waals surface area contributed by atoms with Crippen molar-refractivity contribution in [2.75, 3.05) is 0 Å². The molecule has 0 nitrogen and oxygen atoms in total. The first kappa shape index (κ1) is 13.4. The van der Waals surface area contributed by atoms with Crippen LogP contribution in [-0.2, 0) is 5.41 Å². The minimum Gasteiger partial charge on any atom is -0.205 e. The van der Waals surface area contributed by atoms with Crippen molar-refractivity contribution in [1.29, 1.82) is 0 Å². The standard InChI is InChI=1S/C10H12ClF.C2H6/c1-10(2,3)7-4-5-8(11)9(12)6-7;1-2/h4-6H,1-3H3;1-2H3. The molecule has 0 aliphatic carbocycles. The van der Waals surface area contributed by atoms with Gasteiger partial charge in [-0.15, -0.1) is 0 Å². The van der Waals surface area contributed by atoms with Gasteiger partial charge in [0.1, 0.15) is 5.82 Å². The van der Waals surface area contributed by atoms with Crippen molar-refractivity contribution >= 4 is 11.6 Å². The first-order valence-corrected chi connectivity index (χ1v) is 5.24. The normalized spacial score (nSPS) is 10.5. The molecular formula is C12H18ClF. The fourth-order valence-electron chi connectivity index (χ4n) is 0.963. The lowest BCUT2D eigenvalue weighted by molar-refractivity contribution is 0.572. The zero-order valence-electron chi connectivity index (χ0n) is 9.49. The van der Waals surface area contributed by atoms with Gasteiger partial charge >= 0.3 is 0 Å². The molecule has 0 radical (unpaired) electrons. The highest BCUT2D eigenvalue weighted by Gasteiger charge is 2.14. The molecule has 0 heterocycles. The minimum absolute atomic E-state index is 0.0224. The van der Waals surface area contributed by atoms with Crippen molar-refractivity contribution in [1.82, 2.24) is 0 Å². The van der Waals surface area contributed by atoms with Crippen LogP contribution in [0.3, 0.4) is 0 Å². The van der Waals surface area contributed by atoms with E-state index in [9.17, 15) is 4.39 Å². The van der Waals surface area contributed by atoms with Gasteiger partial charge in [0.15, 0.2) is 0 Å². The molecule has 0 fully saturated rings. The molecular weight excluding hydrogens is 199 g/mol. The Morgan fingerprint density at radius 2 is 1.64 bits per heavy atom. The summed E-state index contributed by atoms with van der Waals surface area (Å²) in [5.74, 6) is -0.343. The Hall–Kier alpha value is -0.560.